The highest BCUT2D eigenvalue weighted by atomic mass is 28.4. The van der Waals surface area contributed by atoms with Crippen LogP contribution in [-0.4, -0.2) is 82.6 Å². The van der Waals surface area contributed by atoms with Gasteiger partial charge in [0.1, 0.15) is 0 Å². The summed E-state index contributed by atoms with van der Waals surface area (Å²) in [6.07, 6.45) is 19.7. The van der Waals surface area contributed by atoms with Crippen LogP contribution in [-0.2, 0) is 27.5 Å². The summed E-state index contributed by atoms with van der Waals surface area (Å²) in [4.78, 5) is 10.5. The number of hydrogen-bond donors (Lipinski definition) is 3. The normalized spacial score (nSPS) is 11.8. The number of aliphatic hydroxyl groups is 2. The Kier molecular flexibility index (Phi) is 42.9. The van der Waals surface area contributed by atoms with E-state index in [0.717, 1.165) is 38.3 Å². The van der Waals surface area contributed by atoms with Gasteiger partial charge in [0, 0.05) is 58.7 Å². The van der Waals surface area contributed by atoms with Gasteiger partial charge in [-0.2, -0.15) is 0 Å². The molecule has 0 aromatic heterocycles. The fourth-order valence-corrected chi connectivity index (χ4v) is 7.09. The third-order valence-corrected chi connectivity index (χ3v) is 9.61. The molecule has 0 radical (unpaired) electrons. The maximum Gasteiger partial charge on any atom is 0.501 e. The Labute approximate surface area is 266 Å². The van der Waals surface area contributed by atoms with Gasteiger partial charge in [0.15, 0.2) is 6.29 Å². The van der Waals surface area contributed by atoms with Crippen LogP contribution in [0.3, 0.4) is 0 Å². The van der Waals surface area contributed by atoms with Crippen LogP contribution in [0, 0.1) is 0 Å². The molecule has 0 aromatic carbocycles. The molecule has 0 saturated heterocycles. The SMILES string of the molecule is CCO.CCO.CCO[Si](CCCOC(C)OCCCCCCCCCCCCCCCCCC(=O)O)(OCC)OCC. The second-order valence-corrected chi connectivity index (χ2v) is 13.2. The molecule has 43 heavy (non-hydrogen) atoms. The van der Waals surface area contributed by atoms with Gasteiger partial charge >= 0.3 is 14.8 Å². The highest BCUT2D eigenvalue weighted by molar-refractivity contribution is 6.60. The van der Waals surface area contributed by atoms with Crippen LogP contribution in [0.15, 0.2) is 0 Å². The predicted molar refractivity (Wildman–Crippen MR) is 178 cm³/mol. The van der Waals surface area contributed by atoms with Crippen molar-refractivity contribution in [3.8, 4) is 0 Å². The van der Waals surface area contributed by atoms with Crippen LogP contribution in [0.25, 0.3) is 0 Å². The lowest BCUT2D eigenvalue weighted by atomic mass is 10.0. The molecule has 10 heteroatoms. The fourth-order valence-electron chi connectivity index (χ4n) is 4.51. The van der Waals surface area contributed by atoms with Crippen molar-refractivity contribution >= 4 is 14.8 Å². The molecule has 0 amide bonds. The molecule has 9 nitrogen and oxygen atoms in total. The first-order valence-electron chi connectivity index (χ1n) is 17.4. The number of rotatable bonds is 30. The van der Waals surface area contributed by atoms with E-state index < -0.39 is 14.8 Å². The first-order chi connectivity index (χ1) is 20.8. The van der Waals surface area contributed by atoms with Gasteiger partial charge < -0.3 is 38.1 Å². The second-order valence-electron chi connectivity index (χ2n) is 10.5. The van der Waals surface area contributed by atoms with E-state index in [9.17, 15) is 4.79 Å². The Bertz CT molecular complexity index is 508. The largest absolute Gasteiger partial charge is 0.501 e. The first kappa shape index (κ1) is 46.8. The summed E-state index contributed by atoms with van der Waals surface area (Å²) in [5.74, 6) is -0.667. The summed E-state index contributed by atoms with van der Waals surface area (Å²) in [7, 11) is -2.57. The van der Waals surface area contributed by atoms with E-state index >= 15 is 0 Å². The van der Waals surface area contributed by atoms with Gasteiger partial charge in [0.25, 0.3) is 0 Å². The molecule has 0 saturated carbocycles. The smallest absolute Gasteiger partial charge is 0.481 e. The Morgan fingerprint density at radius 1 is 0.558 bits per heavy atom. The molecule has 0 fully saturated rings. The first-order valence-corrected chi connectivity index (χ1v) is 19.3. The van der Waals surface area contributed by atoms with Crippen LogP contribution in [0.2, 0.25) is 6.04 Å². The van der Waals surface area contributed by atoms with E-state index in [1.165, 1.54) is 77.0 Å². The lowest BCUT2D eigenvalue weighted by Crippen LogP contribution is -2.46. The van der Waals surface area contributed by atoms with E-state index in [1.54, 1.807) is 13.8 Å². The van der Waals surface area contributed by atoms with Crippen molar-refractivity contribution in [1.82, 2.24) is 0 Å². The van der Waals surface area contributed by atoms with E-state index in [4.69, 9.17) is 38.1 Å². The van der Waals surface area contributed by atoms with E-state index in [0.29, 0.717) is 32.8 Å². The Morgan fingerprint density at radius 2 is 0.860 bits per heavy atom. The molecule has 262 valence electrons. The van der Waals surface area contributed by atoms with E-state index in [2.05, 4.69) is 0 Å². The topological polar surface area (TPSA) is 124 Å². The van der Waals surface area contributed by atoms with Gasteiger partial charge in [0.2, 0.25) is 0 Å². The highest BCUT2D eigenvalue weighted by Gasteiger charge is 2.39. The fraction of sp³-hybridized carbons (Fsp3) is 0.970. The third kappa shape index (κ3) is 39.4. The predicted octanol–water partition coefficient (Wildman–Crippen LogP) is 8.13. The molecule has 3 N–H and O–H groups in total. The quantitative estimate of drug-likeness (QED) is 0.0405. The maximum absolute atomic E-state index is 10.5. The van der Waals surface area contributed by atoms with Gasteiger partial charge in [-0.3, -0.25) is 4.79 Å². The minimum absolute atomic E-state index is 0.181. The number of carboxylic acid groups (broad SMARTS) is 1. The zero-order valence-corrected chi connectivity index (χ0v) is 30.0. The average molecular weight is 641 g/mol. The molecule has 1 unspecified atom stereocenters. The van der Waals surface area contributed by atoms with Crippen LogP contribution in [0.4, 0.5) is 0 Å². The summed E-state index contributed by atoms with van der Waals surface area (Å²) in [6, 6.07) is 0.771. The van der Waals surface area contributed by atoms with Crippen molar-refractivity contribution < 1.29 is 42.9 Å². The molecule has 0 heterocycles. The van der Waals surface area contributed by atoms with Crippen molar-refractivity contribution in [3.63, 3.8) is 0 Å². The summed E-state index contributed by atoms with van der Waals surface area (Å²) in [5.41, 5.74) is 0. The van der Waals surface area contributed by atoms with E-state index in [1.807, 2.05) is 27.7 Å². The van der Waals surface area contributed by atoms with Crippen LogP contribution in [0.5, 0.6) is 0 Å². The minimum Gasteiger partial charge on any atom is -0.481 e. The highest BCUT2D eigenvalue weighted by Crippen LogP contribution is 2.19. The molecule has 0 aromatic rings. The summed E-state index contributed by atoms with van der Waals surface area (Å²) < 4.78 is 29.3. The Balaban J connectivity index is -0.00000244. The monoisotopic (exact) mass is 640 g/mol. The molecular weight excluding hydrogens is 568 g/mol. The van der Waals surface area contributed by atoms with Gasteiger partial charge in [0.05, 0.1) is 0 Å². The standard InChI is InChI=1S/C29H60O7Si.2C2H6O/c1-5-34-37(35-6-2,36-7-3)27-23-26-33-28(4)32-25-22-20-18-16-14-12-10-8-9-11-13-15-17-19-21-24-29(30)31;2*1-2-3/h28H,5-27H2,1-4H3,(H,30,31);2*3H,2H2,1H3. The van der Waals surface area contributed by atoms with Gasteiger partial charge in [-0.1, -0.05) is 83.5 Å². The second kappa shape index (κ2) is 39.4. The van der Waals surface area contributed by atoms with E-state index in [-0.39, 0.29) is 19.5 Å². The summed E-state index contributed by atoms with van der Waals surface area (Å²) in [5, 5.41) is 23.8. The number of carboxylic acids is 1. The molecule has 0 rings (SSSR count). The zero-order chi connectivity index (χ0) is 32.9. The number of aliphatic carboxylic acids is 1. The lowest BCUT2D eigenvalue weighted by molar-refractivity contribution is -0.137. The van der Waals surface area contributed by atoms with Crippen molar-refractivity contribution in [1.29, 1.82) is 0 Å². The number of hydrogen-bond acceptors (Lipinski definition) is 8. The zero-order valence-electron chi connectivity index (χ0n) is 29.0. The lowest BCUT2D eigenvalue weighted by Gasteiger charge is -2.28. The average Bonchev–Trinajstić information content (AvgIpc) is 2.96. The number of carbonyl (C=O) groups is 1. The summed E-state index contributed by atoms with van der Waals surface area (Å²) in [6.45, 7) is 15.0. The van der Waals surface area contributed by atoms with Crippen LogP contribution >= 0.6 is 0 Å². The molecular formula is C33H72O9Si. The van der Waals surface area contributed by atoms with Crippen LogP contribution in [0.1, 0.15) is 151 Å². The molecule has 0 aliphatic heterocycles. The molecule has 0 spiro atoms. The van der Waals surface area contributed by atoms with Crippen molar-refractivity contribution in [2.45, 2.75) is 163 Å². The molecule has 1 atom stereocenters. The molecule has 0 aliphatic rings. The van der Waals surface area contributed by atoms with Crippen LogP contribution < -0.4 is 0 Å². The summed E-state index contributed by atoms with van der Waals surface area (Å²) >= 11 is 0. The van der Waals surface area contributed by atoms with Gasteiger partial charge in [-0.05, 0) is 60.8 Å². The molecule has 0 bridgehead atoms. The van der Waals surface area contributed by atoms with Gasteiger partial charge in [-0.15, -0.1) is 0 Å². The Hall–Kier alpha value is -0.593. The number of ether oxygens (including phenoxy) is 2. The number of aliphatic hydroxyl groups excluding tert-OH is 2. The maximum atomic E-state index is 10.5. The molecule has 0 aliphatic carbocycles. The van der Waals surface area contributed by atoms with Crippen molar-refractivity contribution in [3.05, 3.63) is 0 Å². The van der Waals surface area contributed by atoms with Gasteiger partial charge in [-0.25, -0.2) is 0 Å². The van der Waals surface area contributed by atoms with Crippen molar-refractivity contribution in [2.24, 2.45) is 0 Å². The Morgan fingerprint density at radius 3 is 1.19 bits per heavy atom. The third-order valence-electron chi connectivity index (χ3n) is 6.46. The number of unbranched alkanes of at least 4 members (excludes halogenated alkanes) is 14. The minimum atomic E-state index is -2.57. The van der Waals surface area contributed by atoms with Crippen molar-refractivity contribution in [2.75, 3.05) is 46.2 Å².